The van der Waals surface area contributed by atoms with E-state index in [9.17, 15) is 13.2 Å². The average Bonchev–Trinajstić information content (AvgIpc) is 3.08. The van der Waals surface area contributed by atoms with Crippen molar-refractivity contribution in [3.05, 3.63) is 63.3 Å². The number of hydrogen-bond acceptors (Lipinski definition) is 5. The number of rotatable bonds is 7. The van der Waals surface area contributed by atoms with Gasteiger partial charge in [-0.3, -0.25) is 14.3 Å². The molecule has 2 heterocycles. The maximum Gasteiger partial charge on any atom is 0.308 e. The maximum absolute atomic E-state index is 12.7. The van der Waals surface area contributed by atoms with E-state index < -0.39 is 10.0 Å². The number of hydrogen-bond donors (Lipinski definition) is 1. The smallest absolute Gasteiger partial charge is 0.299 e. The highest BCUT2D eigenvalue weighted by Crippen LogP contribution is 2.22. The van der Waals surface area contributed by atoms with E-state index in [0.29, 0.717) is 11.2 Å². The van der Waals surface area contributed by atoms with E-state index in [4.69, 9.17) is 0 Å². The third-order valence-corrected chi connectivity index (χ3v) is 7.95. The van der Waals surface area contributed by atoms with Crippen LogP contribution in [0, 0.1) is 0 Å². The van der Waals surface area contributed by atoms with Crippen molar-refractivity contribution in [2.45, 2.75) is 50.7 Å². The lowest BCUT2D eigenvalue weighted by atomic mass is 10.1. The van der Waals surface area contributed by atoms with Gasteiger partial charge in [-0.25, -0.2) is 13.1 Å². The highest BCUT2D eigenvalue weighted by atomic mass is 32.2. The fourth-order valence-electron chi connectivity index (χ4n) is 3.91. The average molecular weight is 446 g/mol. The minimum Gasteiger partial charge on any atom is -0.299 e. The summed E-state index contributed by atoms with van der Waals surface area (Å²) >= 11 is 1.08. The summed E-state index contributed by atoms with van der Waals surface area (Å²) < 4.78 is 30.5. The summed E-state index contributed by atoms with van der Waals surface area (Å²) in [5, 5.41) is 0. The lowest BCUT2D eigenvalue weighted by Gasteiger charge is -2.26. The molecule has 0 spiro atoms. The molecule has 0 bridgehead atoms. The normalized spacial score (nSPS) is 15.6. The van der Waals surface area contributed by atoms with Gasteiger partial charge in [-0.15, -0.1) is 0 Å². The molecule has 0 aliphatic carbocycles. The van der Waals surface area contributed by atoms with Crippen molar-refractivity contribution >= 4 is 31.6 Å². The molecule has 0 radical (unpaired) electrons. The minimum absolute atomic E-state index is 0.0698. The summed E-state index contributed by atoms with van der Waals surface area (Å²) in [5.41, 5.74) is 2.95. The molecule has 0 amide bonds. The monoisotopic (exact) mass is 445 g/mol. The Morgan fingerprint density at radius 2 is 1.70 bits per heavy atom. The van der Waals surface area contributed by atoms with Gasteiger partial charge >= 0.3 is 4.87 Å². The Labute approximate surface area is 181 Å². The molecule has 160 valence electrons. The molecule has 30 heavy (non-hydrogen) atoms. The Hall–Kier alpha value is -2.00. The lowest BCUT2D eigenvalue weighted by molar-refractivity contribution is 0.221. The first kappa shape index (κ1) is 21.2. The Balaban J connectivity index is 1.42. The van der Waals surface area contributed by atoms with E-state index in [0.717, 1.165) is 42.1 Å². The molecule has 4 rings (SSSR count). The van der Waals surface area contributed by atoms with Gasteiger partial charge in [0, 0.05) is 19.6 Å². The second-order valence-electron chi connectivity index (χ2n) is 7.72. The highest BCUT2D eigenvalue weighted by Gasteiger charge is 2.16. The van der Waals surface area contributed by atoms with Crippen LogP contribution in [-0.4, -0.2) is 31.0 Å². The number of likely N-dealkylation sites (tertiary alicyclic amines) is 1. The van der Waals surface area contributed by atoms with Crippen molar-refractivity contribution in [3.63, 3.8) is 0 Å². The van der Waals surface area contributed by atoms with E-state index in [-0.39, 0.29) is 16.3 Å². The Bertz CT molecular complexity index is 1170. The molecule has 6 nitrogen and oxygen atoms in total. The molecule has 0 saturated carbocycles. The molecule has 0 atom stereocenters. The topological polar surface area (TPSA) is 71.4 Å². The number of aromatic nitrogens is 1. The van der Waals surface area contributed by atoms with Crippen LogP contribution < -0.4 is 9.60 Å². The zero-order valence-corrected chi connectivity index (χ0v) is 18.8. The van der Waals surface area contributed by atoms with Gasteiger partial charge < -0.3 is 0 Å². The fourth-order valence-corrected chi connectivity index (χ4v) is 6.03. The van der Waals surface area contributed by atoms with Crippen molar-refractivity contribution in [1.82, 2.24) is 14.2 Å². The van der Waals surface area contributed by atoms with Crippen LogP contribution in [0.4, 0.5) is 0 Å². The van der Waals surface area contributed by atoms with Crippen LogP contribution in [0.1, 0.15) is 37.3 Å². The first-order valence-corrected chi connectivity index (χ1v) is 12.7. The Morgan fingerprint density at radius 1 is 1.00 bits per heavy atom. The van der Waals surface area contributed by atoms with Crippen molar-refractivity contribution in [1.29, 1.82) is 0 Å². The highest BCUT2D eigenvalue weighted by molar-refractivity contribution is 7.89. The van der Waals surface area contributed by atoms with E-state index in [2.05, 4.69) is 21.8 Å². The predicted octanol–water partition coefficient (Wildman–Crippen LogP) is 3.55. The molecule has 1 aliphatic heterocycles. The quantitative estimate of drug-likeness (QED) is 0.604. The van der Waals surface area contributed by atoms with Crippen molar-refractivity contribution < 1.29 is 8.42 Å². The van der Waals surface area contributed by atoms with Gasteiger partial charge in [0.15, 0.2) is 0 Å². The molecule has 1 saturated heterocycles. The Morgan fingerprint density at radius 3 is 2.40 bits per heavy atom. The number of nitrogens with zero attached hydrogens (tertiary/aromatic N) is 2. The summed E-state index contributed by atoms with van der Waals surface area (Å²) in [6.45, 7) is 5.96. The van der Waals surface area contributed by atoms with Crippen LogP contribution in [-0.2, 0) is 29.7 Å². The van der Waals surface area contributed by atoms with Crippen LogP contribution in [0.2, 0.25) is 0 Å². The van der Waals surface area contributed by atoms with Crippen molar-refractivity contribution in [2.24, 2.45) is 0 Å². The molecule has 2 aromatic carbocycles. The molecule has 1 aliphatic rings. The summed E-state index contributed by atoms with van der Waals surface area (Å²) in [6.07, 6.45) is 3.86. The standard InChI is InChI=1S/C22H27N3O3S2/c1-2-25-20-11-10-19(14-21(20)29-22(25)26)30(27,28)23-15-17-6-8-18(9-7-17)16-24-12-4-3-5-13-24/h6-11,14,23H,2-5,12-13,15-16H2,1H3. The van der Waals surface area contributed by atoms with Crippen LogP contribution in [0.15, 0.2) is 52.2 Å². The summed E-state index contributed by atoms with van der Waals surface area (Å²) in [4.78, 5) is 14.6. The number of aryl methyl sites for hydroxylation is 1. The molecule has 8 heteroatoms. The molecular formula is C22H27N3O3S2. The van der Waals surface area contributed by atoms with Gasteiger partial charge in [0.25, 0.3) is 0 Å². The molecule has 0 unspecified atom stereocenters. The van der Waals surface area contributed by atoms with Gasteiger partial charge in [0.2, 0.25) is 10.0 Å². The van der Waals surface area contributed by atoms with Gasteiger partial charge in [-0.1, -0.05) is 42.0 Å². The summed E-state index contributed by atoms with van der Waals surface area (Å²) in [7, 11) is -3.66. The van der Waals surface area contributed by atoms with E-state index in [1.165, 1.54) is 24.8 Å². The minimum atomic E-state index is -3.66. The number of benzene rings is 2. The SMILES string of the molecule is CCn1c(=O)sc2cc(S(=O)(=O)NCc3ccc(CN4CCCCC4)cc3)ccc21. The summed E-state index contributed by atoms with van der Waals surface area (Å²) in [5.74, 6) is 0. The second-order valence-corrected chi connectivity index (χ2v) is 10.5. The Kier molecular flexibility index (Phi) is 6.38. The van der Waals surface area contributed by atoms with Gasteiger partial charge in [0.1, 0.15) is 0 Å². The number of sulfonamides is 1. The molecular weight excluding hydrogens is 418 g/mol. The van der Waals surface area contributed by atoms with Gasteiger partial charge in [0.05, 0.1) is 15.1 Å². The number of piperidine rings is 1. The number of fused-ring (bicyclic) bond motifs is 1. The van der Waals surface area contributed by atoms with Crippen molar-refractivity contribution in [2.75, 3.05) is 13.1 Å². The van der Waals surface area contributed by atoms with Crippen LogP contribution in [0.3, 0.4) is 0 Å². The maximum atomic E-state index is 12.7. The number of nitrogens with one attached hydrogen (secondary N) is 1. The zero-order chi connectivity index (χ0) is 21.1. The first-order chi connectivity index (χ1) is 14.5. The van der Waals surface area contributed by atoms with Gasteiger partial charge in [-0.05, 0) is 62.2 Å². The van der Waals surface area contributed by atoms with Gasteiger partial charge in [-0.2, -0.15) is 0 Å². The summed E-state index contributed by atoms with van der Waals surface area (Å²) in [6, 6.07) is 13.0. The lowest BCUT2D eigenvalue weighted by Crippen LogP contribution is -2.29. The third-order valence-electron chi connectivity index (χ3n) is 5.61. The van der Waals surface area contributed by atoms with Crippen LogP contribution in [0.25, 0.3) is 10.2 Å². The first-order valence-electron chi connectivity index (χ1n) is 10.4. The van der Waals surface area contributed by atoms with Crippen LogP contribution in [0.5, 0.6) is 0 Å². The van der Waals surface area contributed by atoms with E-state index in [1.54, 1.807) is 22.8 Å². The molecule has 1 fully saturated rings. The molecule has 1 aromatic heterocycles. The van der Waals surface area contributed by atoms with Crippen LogP contribution >= 0.6 is 11.3 Å². The predicted molar refractivity (Wildman–Crippen MR) is 121 cm³/mol. The third kappa shape index (κ3) is 4.67. The molecule has 1 N–H and O–H groups in total. The largest absolute Gasteiger partial charge is 0.308 e. The molecule has 3 aromatic rings. The van der Waals surface area contributed by atoms with Crippen molar-refractivity contribution in [3.8, 4) is 0 Å². The second kappa shape index (κ2) is 9.01. The van der Waals surface area contributed by atoms with E-state index >= 15 is 0 Å². The van der Waals surface area contributed by atoms with E-state index in [1.807, 2.05) is 19.1 Å². The zero-order valence-electron chi connectivity index (χ0n) is 17.1. The number of thiazole rings is 1. The fraction of sp³-hybridized carbons (Fsp3) is 0.409.